The molecule has 1 heterocycles. The summed E-state index contributed by atoms with van der Waals surface area (Å²) in [7, 11) is -3.72. The van der Waals surface area contributed by atoms with Crippen molar-refractivity contribution in [3.8, 4) is 11.3 Å². The van der Waals surface area contributed by atoms with Crippen LogP contribution in [0, 0.1) is 0 Å². The van der Waals surface area contributed by atoms with Gasteiger partial charge in [-0.15, -0.1) is 0 Å². The van der Waals surface area contributed by atoms with E-state index in [-0.39, 0.29) is 16.1 Å². The normalized spacial score (nSPS) is 12.2. The van der Waals surface area contributed by atoms with E-state index in [9.17, 15) is 8.42 Å². The van der Waals surface area contributed by atoms with Crippen molar-refractivity contribution in [3.05, 3.63) is 65.2 Å². The highest BCUT2D eigenvalue weighted by Crippen LogP contribution is 2.26. The number of aromatic amines is 1. The smallest absolute Gasteiger partial charge is 0.263 e. The molecule has 0 spiro atoms. The summed E-state index contributed by atoms with van der Waals surface area (Å²) in [6.07, 6.45) is 0. The molecular formula is C19H20ClN3O2S. The van der Waals surface area contributed by atoms with Crippen LogP contribution in [0.3, 0.4) is 0 Å². The van der Waals surface area contributed by atoms with Gasteiger partial charge in [0.05, 0.1) is 10.6 Å². The van der Waals surface area contributed by atoms with Gasteiger partial charge in [0, 0.05) is 11.1 Å². The topological polar surface area (TPSA) is 74.8 Å². The Morgan fingerprint density at radius 2 is 1.62 bits per heavy atom. The Morgan fingerprint density at radius 1 is 1.00 bits per heavy atom. The minimum Gasteiger partial charge on any atom is -0.276 e. The zero-order valence-corrected chi connectivity index (χ0v) is 16.3. The van der Waals surface area contributed by atoms with E-state index in [1.807, 2.05) is 12.1 Å². The molecule has 0 fully saturated rings. The second-order valence-corrected chi connectivity index (χ2v) is 9.17. The molecule has 7 heteroatoms. The lowest BCUT2D eigenvalue weighted by Gasteiger charge is -2.18. The fourth-order valence-corrected chi connectivity index (χ4v) is 3.60. The van der Waals surface area contributed by atoms with E-state index in [1.165, 1.54) is 29.8 Å². The second kappa shape index (κ2) is 6.78. The lowest BCUT2D eigenvalue weighted by molar-refractivity contribution is 0.590. The minimum absolute atomic E-state index is 0.0753. The van der Waals surface area contributed by atoms with E-state index in [0.717, 1.165) is 11.3 Å². The predicted octanol–water partition coefficient (Wildman–Crippen LogP) is 4.83. The number of hydrogen-bond donors (Lipinski definition) is 2. The molecule has 0 saturated heterocycles. The molecule has 5 nitrogen and oxygen atoms in total. The number of benzene rings is 2. The molecule has 136 valence electrons. The molecule has 0 atom stereocenters. The quantitative estimate of drug-likeness (QED) is 0.671. The average molecular weight is 390 g/mol. The van der Waals surface area contributed by atoms with Crippen molar-refractivity contribution in [1.29, 1.82) is 0 Å². The van der Waals surface area contributed by atoms with Gasteiger partial charge in [-0.1, -0.05) is 56.6 Å². The highest BCUT2D eigenvalue weighted by atomic mass is 35.5. The third-order valence-electron chi connectivity index (χ3n) is 4.00. The number of halogens is 1. The van der Waals surface area contributed by atoms with Crippen molar-refractivity contribution in [1.82, 2.24) is 10.2 Å². The van der Waals surface area contributed by atoms with Gasteiger partial charge in [0.2, 0.25) is 0 Å². The number of nitrogens with one attached hydrogen (secondary N) is 2. The molecule has 26 heavy (non-hydrogen) atoms. The Kier molecular flexibility index (Phi) is 4.82. The standard InChI is InChI=1S/C19H20ClN3O2S/c1-19(2,3)14-6-4-13(5-7-14)17-12-18(22-21-17)23-26(24,25)16-10-8-15(20)9-11-16/h4-12H,1-3H3,(H2,21,22,23). The van der Waals surface area contributed by atoms with Crippen molar-refractivity contribution < 1.29 is 8.42 Å². The zero-order valence-electron chi connectivity index (χ0n) is 14.7. The van der Waals surface area contributed by atoms with Gasteiger partial charge in [0.1, 0.15) is 0 Å². The zero-order chi connectivity index (χ0) is 18.9. The molecule has 0 aliphatic carbocycles. The van der Waals surface area contributed by atoms with E-state index >= 15 is 0 Å². The maximum absolute atomic E-state index is 12.4. The molecule has 0 radical (unpaired) electrons. The van der Waals surface area contributed by atoms with Crippen molar-refractivity contribution in [2.24, 2.45) is 0 Å². The molecule has 3 aromatic rings. The van der Waals surface area contributed by atoms with Crippen LogP contribution in [0.2, 0.25) is 5.02 Å². The SMILES string of the molecule is CC(C)(C)c1ccc(-c2cc(NS(=O)(=O)c3ccc(Cl)cc3)n[nH]2)cc1. The van der Waals surface area contributed by atoms with Crippen LogP contribution < -0.4 is 4.72 Å². The van der Waals surface area contributed by atoms with Gasteiger partial charge in [0.25, 0.3) is 10.0 Å². The molecule has 0 bridgehead atoms. The van der Waals surface area contributed by atoms with Crippen molar-refractivity contribution in [3.63, 3.8) is 0 Å². The molecule has 0 unspecified atom stereocenters. The summed E-state index contributed by atoms with van der Waals surface area (Å²) in [4.78, 5) is 0.126. The third kappa shape index (κ3) is 4.08. The first-order chi connectivity index (χ1) is 12.1. The molecule has 1 aromatic heterocycles. The number of anilines is 1. The summed E-state index contributed by atoms with van der Waals surface area (Å²) < 4.78 is 27.3. The molecule has 2 N–H and O–H groups in total. The lowest BCUT2D eigenvalue weighted by atomic mass is 9.86. The first kappa shape index (κ1) is 18.5. The summed E-state index contributed by atoms with van der Waals surface area (Å²) in [5.74, 6) is 0.231. The van der Waals surface area contributed by atoms with Crippen LogP contribution in [0.1, 0.15) is 26.3 Å². The monoisotopic (exact) mass is 389 g/mol. The van der Waals surface area contributed by atoms with Crippen molar-refractivity contribution >= 4 is 27.4 Å². The largest absolute Gasteiger partial charge is 0.276 e. The maximum atomic E-state index is 12.4. The van der Waals surface area contributed by atoms with E-state index in [2.05, 4.69) is 47.8 Å². The number of hydrogen-bond acceptors (Lipinski definition) is 3. The Morgan fingerprint density at radius 3 is 2.19 bits per heavy atom. The van der Waals surface area contributed by atoms with Crippen LogP contribution in [0.15, 0.2) is 59.5 Å². The number of H-pyrrole nitrogens is 1. The van der Waals surface area contributed by atoms with E-state index in [1.54, 1.807) is 6.07 Å². The van der Waals surface area contributed by atoms with Crippen LogP contribution >= 0.6 is 11.6 Å². The Labute approximate surface area is 158 Å². The first-order valence-electron chi connectivity index (χ1n) is 8.10. The molecular weight excluding hydrogens is 370 g/mol. The van der Waals surface area contributed by atoms with Gasteiger partial charge in [0.15, 0.2) is 5.82 Å². The summed E-state index contributed by atoms with van der Waals surface area (Å²) in [6.45, 7) is 6.46. The van der Waals surface area contributed by atoms with Crippen LogP contribution in [-0.4, -0.2) is 18.6 Å². The van der Waals surface area contributed by atoms with E-state index < -0.39 is 10.0 Å². The molecule has 0 saturated carbocycles. The first-order valence-corrected chi connectivity index (χ1v) is 9.96. The van der Waals surface area contributed by atoms with E-state index in [4.69, 9.17) is 11.6 Å². The summed E-state index contributed by atoms with van der Waals surface area (Å²) >= 11 is 5.80. The van der Waals surface area contributed by atoms with Gasteiger partial charge < -0.3 is 0 Å². The van der Waals surface area contributed by atoms with Gasteiger partial charge in [-0.25, -0.2) is 8.42 Å². The highest BCUT2D eigenvalue weighted by Gasteiger charge is 2.17. The van der Waals surface area contributed by atoms with Gasteiger partial charge in [-0.05, 0) is 40.8 Å². The number of aromatic nitrogens is 2. The maximum Gasteiger partial charge on any atom is 0.263 e. The van der Waals surface area contributed by atoms with Gasteiger partial charge >= 0.3 is 0 Å². The Bertz CT molecular complexity index is 1000. The minimum atomic E-state index is -3.72. The molecule has 0 aliphatic heterocycles. The van der Waals surface area contributed by atoms with Crippen LogP contribution in [0.5, 0.6) is 0 Å². The van der Waals surface area contributed by atoms with E-state index in [0.29, 0.717) is 5.02 Å². The number of rotatable bonds is 4. The van der Waals surface area contributed by atoms with Crippen LogP contribution in [-0.2, 0) is 15.4 Å². The van der Waals surface area contributed by atoms with Crippen molar-refractivity contribution in [2.75, 3.05) is 4.72 Å². The van der Waals surface area contributed by atoms with Crippen LogP contribution in [0.4, 0.5) is 5.82 Å². The van der Waals surface area contributed by atoms with Gasteiger partial charge in [-0.3, -0.25) is 9.82 Å². The Balaban J connectivity index is 1.80. The fraction of sp³-hybridized carbons (Fsp3) is 0.211. The number of nitrogens with zero attached hydrogens (tertiary/aromatic N) is 1. The average Bonchev–Trinajstić information content (AvgIpc) is 3.02. The lowest BCUT2D eigenvalue weighted by Crippen LogP contribution is -2.13. The van der Waals surface area contributed by atoms with Crippen molar-refractivity contribution in [2.45, 2.75) is 31.1 Å². The third-order valence-corrected chi connectivity index (χ3v) is 5.63. The summed E-state index contributed by atoms with van der Waals surface area (Å²) in [6, 6.07) is 15.7. The number of sulfonamides is 1. The summed E-state index contributed by atoms with van der Waals surface area (Å²) in [5, 5.41) is 7.39. The highest BCUT2D eigenvalue weighted by molar-refractivity contribution is 7.92. The molecule has 0 amide bonds. The van der Waals surface area contributed by atoms with Gasteiger partial charge in [-0.2, -0.15) is 5.10 Å². The predicted molar refractivity (Wildman–Crippen MR) is 105 cm³/mol. The Hall–Kier alpha value is -2.31. The summed E-state index contributed by atoms with van der Waals surface area (Å²) in [5.41, 5.74) is 2.97. The fourth-order valence-electron chi connectivity index (χ4n) is 2.48. The van der Waals surface area contributed by atoms with Crippen LogP contribution in [0.25, 0.3) is 11.3 Å². The second-order valence-electron chi connectivity index (χ2n) is 7.05. The molecule has 2 aromatic carbocycles. The molecule has 3 rings (SSSR count). The molecule has 0 aliphatic rings.